The first-order chi connectivity index (χ1) is 6.68. The first kappa shape index (κ1) is 14.1. The van der Waals surface area contributed by atoms with Crippen molar-refractivity contribution in [2.24, 2.45) is 0 Å². The molecule has 86 valence electrons. The van der Waals surface area contributed by atoms with Gasteiger partial charge in [-0.05, 0) is 44.8 Å². The highest BCUT2D eigenvalue weighted by molar-refractivity contribution is 5.85. The van der Waals surface area contributed by atoms with Crippen LogP contribution < -0.4 is 4.74 Å². The molecular formula is C11H18ClNO2. The number of rotatable bonds is 5. The molecule has 1 aromatic carbocycles. The first-order valence-electron chi connectivity index (χ1n) is 4.75. The highest BCUT2D eigenvalue weighted by Gasteiger charge is 1.94. The largest absolute Gasteiger partial charge is 0.508 e. The fourth-order valence-electron chi connectivity index (χ4n) is 1.11. The second-order valence-electron chi connectivity index (χ2n) is 3.50. The van der Waals surface area contributed by atoms with Gasteiger partial charge in [0, 0.05) is 6.54 Å². The molecule has 0 aliphatic rings. The van der Waals surface area contributed by atoms with Crippen molar-refractivity contribution >= 4 is 12.4 Å². The van der Waals surface area contributed by atoms with Crippen LogP contribution in [-0.4, -0.2) is 37.3 Å². The maximum absolute atomic E-state index is 9.04. The SMILES string of the molecule is CN(C)CCCOc1ccc(O)cc1.Cl. The average Bonchev–Trinajstić information content (AvgIpc) is 2.15. The Balaban J connectivity index is 0.00000196. The summed E-state index contributed by atoms with van der Waals surface area (Å²) < 4.78 is 5.47. The molecule has 4 heteroatoms. The smallest absolute Gasteiger partial charge is 0.119 e. The number of nitrogens with zero attached hydrogens (tertiary/aromatic N) is 1. The summed E-state index contributed by atoms with van der Waals surface area (Å²) in [5.41, 5.74) is 0. The minimum Gasteiger partial charge on any atom is -0.508 e. The number of aromatic hydroxyl groups is 1. The molecule has 0 unspecified atom stereocenters. The molecule has 0 heterocycles. The second kappa shape index (κ2) is 7.37. The molecule has 15 heavy (non-hydrogen) atoms. The summed E-state index contributed by atoms with van der Waals surface area (Å²) >= 11 is 0. The molecule has 0 aliphatic heterocycles. The fraction of sp³-hybridized carbons (Fsp3) is 0.455. The maximum atomic E-state index is 9.04. The third-order valence-corrected chi connectivity index (χ3v) is 1.86. The Labute approximate surface area is 97.1 Å². The maximum Gasteiger partial charge on any atom is 0.119 e. The van der Waals surface area contributed by atoms with Crippen molar-refractivity contribution < 1.29 is 9.84 Å². The van der Waals surface area contributed by atoms with E-state index in [0.29, 0.717) is 6.61 Å². The quantitative estimate of drug-likeness (QED) is 0.789. The van der Waals surface area contributed by atoms with Gasteiger partial charge < -0.3 is 14.7 Å². The van der Waals surface area contributed by atoms with Crippen molar-refractivity contribution in [2.75, 3.05) is 27.2 Å². The lowest BCUT2D eigenvalue weighted by Crippen LogP contribution is -2.15. The van der Waals surface area contributed by atoms with Gasteiger partial charge in [0.2, 0.25) is 0 Å². The Kier molecular flexibility index (Phi) is 6.92. The number of benzene rings is 1. The van der Waals surface area contributed by atoms with Gasteiger partial charge in [0.15, 0.2) is 0 Å². The molecule has 1 N–H and O–H groups in total. The number of hydrogen-bond acceptors (Lipinski definition) is 3. The molecule has 1 aromatic rings. The molecular weight excluding hydrogens is 214 g/mol. The van der Waals surface area contributed by atoms with E-state index >= 15 is 0 Å². The van der Waals surface area contributed by atoms with E-state index in [1.807, 2.05) is 14.1 Å². The summed E-state index contributed by atoms with van der Waals surface area (Å²) in [4.78, 5) is 2.13. The van der Waals surface area contributed by atoms with Crippen LogP contribution in [-0.2, 0) is 0 Å². The number of halogens is 1. The minimum absolute atomic E-state index is 0. The van der Waals surface area contributed by atoms with Gasteiger partial charge in [0.1, 0.15) is 11.5 Å². The van der Waals surface area contributed by atoms with Gasteiger partial charge in [-0.1, -0.05) is 0 Å². The predicted molar refractivity (Wildman–Crippen MR) is 64.0 cm³/mol. The lowest BCUT2D eigenvalue weighted by Gasteiger charge is -2.10. The molecule has 3 nitrogen and oxygen atoms in total. The van der Waals surface area contributed by atoms with Crippen molar-refractivity contribution in [3.8, 4) is 11.5 Å². The molecule has 0 spiro atoms. The van der Waals surface area contributed by atoms with Crippen LogP contribution in [0.5, 0.6) is 11.5 Å². The number of phenolic OH excluding ortho intramolecular Hbond substituents is 1. The third kappa shape index (κ3) is 6.20. The Hall–Kier alpha value is -0.930. The fourth-order valence-corrected chi connectivity index (χ4v) is 1.11. The monoisotopic (exact) mass is 231 g/mol. The van der Waals surface area contributed by atoms with Crippen LogP contribution in [0.3, 0.4) is 0 Å². The van der Waals surface area contributed by atoms with Crippen molar-refractivity contribution in [2.45, 2.75) is 6.42 Å². The van der Waals surface area contributed by atoms with E-state index in [1.165, 1.54) is 0 Å². The van der Waals surface area contributed by atoms with Gasteiger partial charge in [-0.25, -0.2) is 0 Å². The van der Waals surface area contributed by atoms with Crippen molar-refractivity contribution in [3.05, 3.63) is 24.3 Å². The minimum atomic E-state index is 0. The van der Waals surface area contributed by atoms with E-state index in [9.17, 15) is 0 Å². The molecule has 0 aliphatic carbocycles. The predicted octanol–water partition coefficient (Wildman–Crippen LogP) is 2.14. The normalized spacial score (nSPS) is 9.80. The van der Waals surface area contributed by atoms with Crippen LogP contribution in [0.4, 0.5) is 0 Å². The Morgan fingerprint density at radius 1 is 1.20 bits per heavy atom. The molecule has 1 rings (SSSR count). The van der Waals surface area contributed by atoms with E-state index in [-0.39, 0.29) is 18.2 Å². The number of ether oxygens (including phenoxy) is 1. The molecule has 0 bridgehead atoms. The van der Waals surface area contributed by atoms with Crippen LogP contribution in [0.2, 0.25) is 0 Å². The number of phenols is 1. The topological polar surface area (TPSA) is 32.7 Å². The summed E-state index contributed by atoms with van der Waals surface area (Å²) in [6, 6.07) is 6.79. The molecule has 0 fully saturated rings. The van der Waals surface area contributed by atoms with Gasteiger partial charge >= 0.3 is 0 Å². The summed E-state index contributed by atoms with van der Waals surface area (Å²) in [6.45, 7) is 1.74. The van der Waals surface area contributed by atoms with Crippen molar-refractivity contribution in [3.63, 3.8) is 0 Å². The van der Waals surface area contributed by atoms with Crippen LogP contribution in [0.15, 0.2) is 24.3 Å². The molecule has 0 atom stereocenters. The second-order valence-corrected chi connectivity index (χ2v) is 3.50. The zero-order chi connectivity index (χ0) is 10.4. The lowest BCUT2D eigenvalue weighted by molar-refractivity contribution is 0.281. The third-order valence-electron chi connectivity index (χ3n) is 1.86. The van der Waals surface area contributed by atoms with E-state index in [0.717, 1.165) is 18.7 Å². The van der Waals surface area contributed by atoms with Gasteiger partial charge in [0.05, 0.1) is 6.61 Å². The van der Waals surface area contributed by atoms with Gasteiger partial charge in [0.25, 0.3) is 0 Å². The summed E-state index contributed by atoms with van der Waals surface area (Å²) in [7, 11) is 4.08. The standard InChI is InChI=1S/C11H17NO2.ClH/c1-12(2)8-3-9-14-11-6-4-10(13)5-7-11;/h4-7,13H,3,8-9H2,1-2H3;1H. The van der Waals surface area contributed by atoms with Gasteiger partial charge in [-0.3, -0.25) is 0 Å². The van der Waals surface area contributed by atoms with E-state index in [1.54, 1.807) is 24.3 Å². The highest BCUT2D eigenvalue weighted by Crippen LogP contribution is 2.15. The molecule has 0 amide bonds. The molecule has 0 saturated heterocycles. The van der Waals surface area contributed by atoms with Gasteiger partial charge in [-0.2, -0.15) is 0 Å². The van der Waals surface area contributed by atoms with E-state index in [2.05, 4.69) is 4.90 Å². The lowest BCUT2D eigenvalue weighted by atomic mass is 10.3. The van der Waals surface area contributed by atoms with Crippen LogP contribution >= 0.6 is 12.4 Å². The van der Waals surface area contributed by atoms with Crippen molar-refractivity contribution in [1.29, 1.82) is 0 Å². The van der Waals surface area contributed by atoms with Crippen LogP contribution in [0.25, 0.3) is 0 Å². The zero-order valence-corrected chi connectivity index (χ0v) is 9.96. The summed E-state index contributed by atoms with van der Waals surface area (Å²) in [5.74, 6) is 1.08. The summed E-state index contributed by atoms with van der Waals surface area (Å²) in [6.07, 6.45) is 1.01. The number of hydrogen-bond donors (Lipinski definition) is 1. The Morgan fingerprint density at radius 3 is 2.33 bits per heavy atom. The Morgan fingerprint density at radius 2 is 1.80 bits per heavy atom. The zero-order valence-electron chi connectivity index (χ0n) is 9.14. The van der Waals surface area contributed by atoms with Crippen LogP contribution in [0, 0.1) is 0 Å². The van der Waals surface area contributed by atoms with Crippen molar-refractivity contribution in [1.82, 2.24) is 4.90 Å². The highest BCUT2D eigenvalue weighted by atomic mass is 35.5. The van der Waals surface area contributed by atoms with E-state index in [4.69, 9.17) is 9.84 Å². The average molecular weight is 232 g/mol. The summed E-state index contributed by atoms with van der Waals surface area (Å²) in [5, 5.41) is 9.04. The Bertz CT molecular complexity index is 262. The molecule has 0 saturated carbocycles. The molecule has 0 aromatic heterocycles. The van der Waals surface area contributed by atoms with Crippen LogP contribution in [0.1, 0.15) is 6.42 Å². The van der Waals surface area contributed by atoms with E-state index < -0.39 is 0 Å². The van der Waals surface area contributed by atoms with Gasteiger partial charge in [-0.15, -0.1) is 12.4 Å². The first-order valence-corrected chi connectivity index (χ1v) is 4.75. The molecule has 0 radical (unpaired) electrons.